The zero-order valence-corrected chi connectivity index (χ0v) is 14.6. The van der Waals surface area contributed by atoms with E-state index in [0.29, 0.717) is 6.04 Å². The minimum Gasteiger partial charge on any atom is -0.357 e. The van der Waals surface area contributed by atoms with Crippen molar-refractivity contribution in [2.45, 2.75) is 63.8 Å². The van der Waals surface area contributed by atoms with Gasteiger partial charge in [-0.1, -0.05) is 0 Å². The summed E-state index contributed by atoms with van der Waals surface area (Å²) in [7, 11) is 0. The van der Waals surface area contributed by atoms with Gasteiger partial charge in [-0.2, -0.15) is 11.8 Å². The van der Waals surface area contributed by atoms with Crippen LogP contribution in [0.1, 0.15) is 47.0 Å². The molecule has 4 nitrogen and oxygen atoms in total. The van der Waals surface area contributed by atoms with E-state index >= 15 is 0 Å². The Morgan fingerprint density at radius 1 is 1.30 bits per heavy atom. The molecule has 0 amide bonds. The Morgan fingerprint density at radius 2 is 2.05 bits per heavy atom. The van der Waals surface area contributed by atoms with Gasteiger partial charge < -0.3 is 16.0 Å². The Bertz CT molecular complexity index is 299. The summed E-state index contributed by atoms with van der Waals surface area (Å²) in [4.78, 5) is 4.66. The summed E-state index contributed by atoms with van der Waals surface area (Å²) in [5.41, 5.74) is 0.165. The molecule has 1 saturated carbocycles. The molecule has 0 bridgehead atoms. The molecule has 0 aliphatic heterocycles. The highest BCUT2D eigenvalue weighted by Gasteiger charge is 2.24. The molecular weight excluding hydrogens is 268 g/mol. The number of nitrogens with one attached hydrogen (secondary N) is 3. The summed E-state index contributed by atoms with van der Waals surface area (Å²) < 4.78 is 0. The number of hydrogen-bond donors (Lipinski definition) is 3. The first-order chi connectivity index (χ1) is 9.44. The van der Waals surface area contributed by atoms with Crippen LogP contribution in [0.3, 0.4) is 0 Å². The maximum absolute atomic E-state index is 4.66. The molecule has 0 aromatic heterocycles. The van der Waals surface area contributed by atoms with E-state index in [1.807, 2.05) is 11.8 Å². The van der Waals surface area contributed by atoms with Crippen LogP contribution in [0.2, 0.25) is 0 Å². The molecule has 0 spiro atoms. The Kier molecular flexibility index (Phi) is 7.74. The number of guanidine groups is 1. The second-order valence-electron chi connectivity index (χ2n) is 6.45. The van der Waals surface area contributed by atoms with Crippen molar-refractivity contribution in [1.82, 2.24) is 16.0 Å². The average molecular weight is 301 g/mol. The van der Waals surface area contributed by atoms with Crippen LogP contribution in [-0.4, -0.2) is 48.7 Å². The van der Waals surface area contributed by atoms with E-state index in [2.05, 4.69) is 54.9 Å². The van der Waals surface area contributed by atoms with Crippen molar-refractivity contribution in [3.63, 3.8) is 0 Å². The van der Waals surface area contributed by atoms with E-state index in [1.165, 1.54) is 19.3 Å². The molecule has 1 aliphatic carbocycles. The van der Waals surface area contributed by atoms with E-state index in [4.69, 9.17) is 0 Å². The molecule has 20 heavy (non-hydrogen) atoms. The van der Waals surface area contributed by atoms with E-state index in [9.17, 15) is 0 Å². The number of rotatable bonds is 6. The van der Waals surface area contributed by atoms with Crippen molar-refractivity contribution in [3.8, 4) is 0 Å². The van der Waals surface area contributed by atoms with E-state index in [1.54, 1.807) is 0 Å². The van der Waals surface area contributed by atoms with Crippen LogP contribution >= 0.6 is 11.8 Å². The molecule has 2 atom stereocenters. The predicted octanol–water partition coefficient (Wildman–Crippen LogP) is 2.21. The Hall–Kier alpha value is -0.420. The van der Waals surface area contributed by atoms with Crippen LogP contribution < -0.4 is 16.0 Å². The van der Waals surface area contributed by atoms with E-state index < -0.39 is 0 Å². The molecule has 0 heterocycles. The summed E-state index contributed by atoms with van der Waals surface area (Å²) in [6.45, 7) is 11.3. The topological polar surface area (TPSA) is 48.5 Å². The number of hydrogen-bond acceptors (Lipinski definition) is 3. The zero-order chi connectivity index (χ0) is 15.0. The number of thioether (sulfide) groups is 1. The molecule has 0 aromatic carbocycles. The lowest BCUT2D eigenvalue weighted by atomic mass is 10.1. The van der Waals surface area contributed by atoms with Crippen molar-refractivity contribution in [2.24, 2.45) is 4.99 Å². The Labute approximate surface area is 129 Å². The van der Waals surface area contributed by atoms with Crippen LogP contribution in [0.15, 0.2) is 4.99 Å². The fourth-order valence-corrected chi connectivity index (χ4v) is 3.19. The SMILES string of the molecule is CCNC(=NCCNC(C)(C)C)NC1CCC(SC)C1. The summed E-state index contributed by atoms with van der Waals surface area (Å²) in [5.74, 6) is 0.968. The monoisotopic (exact) mass is 300 g/mol. The van der Waals surface area contributed by atoms with Gasteiger partial charge in [0.2, 0.25) is 0 Å². The lowest BCUT2D eigenvalue weighted by molar-refractivity contribution is 0.432. The molecule has 5 heteroatoms. The summed E-state index contributed by atoms with van der Waals surface area (Å²) in [6.07, 6.45) is 6.05. The van der Waals surface area contributed by atoms with E-state index in [-0.39, 0.29) is 5.54 Å². The minimum absolute atomic E-state index is 0.165. The van der Waals surface area contributed by atoms with Gasteiger partial charge >= 0.3 is 0 Å². The first kappa shape index (κ1) is 17.6. The van der Waals surface area contributed by atoms with Gasteiger partial charge in [-0.05, 0) is 53.2 Å². The van der Waals surface area contributed by atoms with Gasteiger partial charge in [0.1, 0.15) is 0 Å². The molecule has 0 radical (unpaired) electrons. The number of aliphatic imine (C=N–C) groups is 1. The largest absolute Gasteiger partial charge is 0.357 e. The third kappa shape index (κ3) is 7.39. The maximum Gasteiger partial charge on any atom is 0.191 e. The summed E-state index contributed by atoms with van der Waals surface area (Å²) in [6, 6.07) is 0.584. The van der Waals surface area contributed by atoms with Gasteiger partial charge in [0.25, 0.3) is 0 Å². The predicted molar refractivity (Wildman–Crippen MR) is 91.8 cm³/mol. The molecule has 0 aromatic rings. The van der Waals surface area contributed by atoms with Gasteiger partial charge in [-0.25, -0.2) is 0 Å². The normalized spacial score (nSPS) is 23.9. The molecule has 118 valence electrons. The molecule has 1 aliphatic rings. The fraction of sp³-hybridized carbons (Fsp3) is 0.933. The van der Waals surface area contributed by atoms with Crippen LogP contribution in [0.5, 0.6) is 0 Å². The van der Waals surface area contributed by atoms with Gasteiger partial charge in [0.15, 0.2) is 5.96 Å². The van der Waals surface area contributed by atoms with Crippen molar-refractivity contribution in [2.75, 3.05) is 25.9 Å². The lowest BCUT2D eigenvalue weighted by Crippen LogP contribution is -2.43. The lowest BCUT2D eigenvalue weighted by Gasteiger charge is -2.20. The molecule has 3 N–H and O–H groups in total. The molecule has 0 saturated heterocycles. The standard InChI is InChI=1S/C15H32N4S/c1-6-16-14(17-9-10-18-15(2,3)4)19-12-7-8-13(11-12)20-5/h12-13,18H,6-11H2,1-5H3,(H2,16,17,19). The van der Waals surface area contributed by atoms with Gasteiger partial charge in [0, 0.05) is 29.9 Å². The van der Waals surface area contributed by atoms with Crippen molar-refractivity contribution >= 4 is 17.7 Å². The van der Waals surface area contributed by atoms with Crippen LogP contribution in [0.4, 0.5) is 0 Å². The molecule has 1 fully saturated rings. The quantitative estimate of drug-likeness (QED) is 0.400. The van der Waals surface area contributed by atoms with Crippen LogP contribution in [0, 0.1) is 0 Å². The molecular formula is C15H32N4S. The highest BCUT2D eigenvalue weighted by Crippen LogP contribution is 2.27. The van der Waals surface area contributed by atoms with Crippen molar-refractivity contribution in [3.05, 3.63) is 0 Å². The van der Waals surface area contributed by atoms with Gasteiger partial charge in [-0.3, -0.25) is 4.99 Å². The maximum atomic E-state index is 4.66. The van der Waals surface area contributed by atoms with Crippen LogP contribution in [0.25, 0.3) is 0 Å². The Balaban J connectivity index is 2.35. The van der Waals surface area contributed by atoms with Gasteiger partial charge in [-0.15, -0.1) is 0 Å². The third-order valence-electron chi connectivity index (χ3n) is 3.44. The third-order valence-corrected chi connectivity index (χ3v) is 4.53. The van der Waals surface area contributed by atoms with Crippen molar-refractivity contribution < 1.29 is 0 Å². The first-order valence-electron chi connectivity index (χ1n) is 7.77. The highest BCUT2D eigenvalue weighted by atomic mass is 32.2. The average Bonchev–Trinajstić information content (AvgIpc) is 2.81. The second kappa shape index (κ2) is 8.78. The van der Waals surface area contributed by atoms with Crippen LogP contribution in [-0.2, 0) is 0 Å². The Morgan fingerprint density at radius 3 is 2.60 bits per heavy atom. The highest BCUT2D eigenvalue weighted by molar-refractivity contribution is 7.99. The van der Waals surface area contributed by atoms with E-state index in [0.717, 1.165) is 30.8 Å². The second-order valence-corrected chi connectivity index (χ2v) is 7.59. The fourth-order valence-electron chi connectivity index (χ4n) is 2.40. The smallest absolute Gasteiger partial charge is 0.191 e. The van der Waals surface area contributed by atoms with Gasteiger partial charge in [0.05, 0.1) is 6.54 Å². The zero-order valence-electron chi connectivity index (χ0n) is 13.8. The molecule has 1 rings (SSSR count). The minimum atomic E-state index is 0.165. The number of nitrogens with zero attached hydrogens (tertiary/aromatic N) is 1. The summed E-state index contributed by atoms with van der Waals surface area (Å²) in [5, 5.41) is 11.2. The first-order valence-corrected chi connectivity index (χ1v) is 9.06. The van der Waals surface area contributed by atoms with Crippen molar-refractivity contribution in [1.29, 1.82) is 0 Å². The summed E-state index contributed by atoms with van der Waals surface area (Å²) >= 11 is 1.99. The molecule has 2 unspecified atom stereocenters.